The maximum Gasteiger partial charge on any atom is 0.306 e. The number of aliphatic hydroxyl groups is 1. The lowest BCUT2D eigenvalue weighted by molar-refractivity contribution is -0.144. The van der Waals surface area contributed by atoms with Gasteiger partial charge in [-0.15, -0.1) is 0 Å². The Labute approximate surface area is 142 Å². The van der Waals surface area contributed by atoms with Crippen molar-refractivity contribution in [3.63, 3.8) is 0 Å². The number of benzene rings is 1. The topological polar surface area (TPSA) is 57.5 Å². The SMILES string of the molecule is CCC1CC(C(=O)O)C(C(O)c2cc(Br)c(C)cc2Br)C1. The summed E-state index contributed by atoms with van der Waals surface area (Å²) in [6.07, 6.45) is 1.64. The third-order valence-electron chi connectivity index (χ3n) is 4.61. The molecule has 1 saturated carbocycles. The summed E-state index contributed by atoms with van der Waals surface area (Å²) < 4.78 is 1.76. The molecule has 3 nitrogen and oxygen atoms in total. The van der Waals surface area contributed by atoms with Gasteiger partial charge >= 0.3 is 5.97 Å². The van der Waals surface area contributed by atoms with Crippen LogP contribution in [0, 0.1) is 24.7 Å². The normalized spacial score (nSPS) is 26.8. The van der Waals surface area contributed by atoms with Crippen LogP contribution in [0.3, 0.4) is 0 Å². The predicted octanol–water partition coefficient (Wildman–Crippen LogP) is 4.69. The van der Waals surface area contributed by atoms with E-state index in [-0.39, 0.29) is 5.92 Å². The van der Waals surface area contributed by atoms with Crippen molar-refractivity contribution < 1.29 is 15.0 Å². The highest BCUT2D eigenvalue weighted by molar-refractivity contribution is 9.11. The van der Waals surface area contributed by atoms with Crippen LogP contribution in [0.1, 0.15) is 43.4 Å². The van der Waals surface area contributed by atoms with E-state index in [9.17, 15) is 15.0 Å². The van der Waals surface area contributed by atoms with Gasteiger partial charge in [-0.1, -0.05) is 45.2 Å². The Balaban J connectivity index is 2.32. The van der Waals surface area contributed by atoms with E-state index in [0.717, 1.165) is 32.9 Å². The summed E-state index contributed by atoms with van der Waals surface area (Å²) in [7, 11) is 0. The van der Waals surface area contributed by atoms with Crippen molar-refractivity contribution in [1.29, 1.82) is 0 Å². The molecule has 0 amide bonds. The minimum Gasteiger partial charge on any atom is -0.481 e. The number of hydrogen-bond acceptors (Lipinski definition) is 2. The average Bonchev–Trinajstić information content (AvgIpc) is 2.86. The highest BCUT2D eigenvalue weighted by Gasteiger charge is 2.42. The summed E-state index contributed by atoms with van der Waals surface area (Å²) in [6, 6.07) is 3.84. The quantitative estimate of drug-likeness (QED) is 0.744. The van der Waals surface area contributed by atoms with Crippen LogP contribution in [0.25, 0.3) is 0 Å². The molecular weight excluding hydrogens is 400 g/mol. The highest BCUT2D eigenvalue weighted by Crippen LogP contribution is 2.46. The molecule has 0 aromatic heterocycles. The first-order chi connectivity index (χ1) is 9.85. The Kier molecular flexibility index (Phi) is 5.49. The smallest absolute Gasteiger partial charge is 0.306 e. The van der Waals surface area contributed by atoms with Gasteiger partial charge in [-0.05, 0) is 48.9 Å². The average molecular weight is 420 g/mol. The van der Waals surface area contributed by atoms with E-state index < -0.39 is 18.0 Å². The van der Waals surface area contributed by atoms with Crippen LogP contribution >= 0.6 is 31.9 Å². The Bertz CT molecular complexity index is 545. The number of carbonyl (C=O) groups is 1. The molecule has 5 heteroatoms. The van der Waals surface area contributed by atoms with Crippen LogP contribution < -0.4 is 0 Å². The molecule has 0 saturated heterocycles. The van der Waals surface area contributed by atoms with Crippen molar-refractivity contribution in [3.8, 4) is 0 Å². The monoisotopic (exact) mass is 418 g/mol. The van der Waals surface area contributed by atoms with Crippen LogP contribution in [0.15, 0.2) is 21.1 Å². The van der Waals surface area contributed by atoms with Gasteiger partial charge in [0.1, 0.15) is 0 Å². The summed E-state index contributed by atoms with van der Waals surface area (Å²) in [5.41, 5.74) is 1.84. The maximum atomic E-state index is 11.5. The van der Waals surface area contributed by atoms with Crippen molar-refractivity contribution in [2.45, 2.75) is 39.2 Å². The molecule has 0 aliphatic heterocycles. The van der Waals surface area contributed by atoms with Gasteiger partial charge in [0.2, 0.25) is 0 Å². The van der Waals surface area contributed by atoms with Crippen molar-refractivity contribution >= 4 is 37.8 Å². The second kappa shape index (κ2) is 6.80. The van der Waals surface area contributed by atoms with Crippen molar-refractivity contribution in [2.24, 2.45) is 17.8 Å². The molecule has 21 heavy (non-hydrogen) atoms. The van der Waals surface area contributed by atoms with E-state index in [4.69, 9.17) is 0 Å². The predicted molar refractivity (Wildman–Crippen MR) is 89.2 cm³/mol. The lowest BCUT2D eigenvalue weighted by atomic mass is 9.86. The highest BCUT2D eigenvalue weighted by atomic mass is 79.9. The molecule has 1 aliphatic rings. The van der Waals surface area contributed by atoms with Crippen LogP contribution in [0.4, 0.5) is 0 Å². The van der Waals surface area contributed by atoms with Gasteiger partial charge in [0.25, 0.3) is 0 Å². The van der Waals surface area contributed by atoms with Crippen LogP contribution in [-0.2, 0) is 4.79 Å². The Morgan fingerprint density at radius 3 is 2.57 bits per heavy atom. The molecule has 0 heterocycles. The molecule has 4 atom stereocenters. The summed E-state index contributed by atoms with van der Waals surface area (Å²) in [5.74, 6) is -1.09. The van der Waals surface area contributed by atoms with E-state index in [1.54, 1.807) is 0 Å². The van der Waals surface area contributed by atoms with Gasteiger partial charge in [0.05, 0.1) is 12.0 Å². The third kappa shape index (κ3) is 3.51. The van der Waals surface area contributed by atoms with Crippen LogP contribution in [0.5, 0.6) is 0 Å². The molecule has 116 valence electrons. The van der Waals surface area contributed by atoms with E-state index in [1.807, 2.05) is 19.1 Å². The zero-order chi connectivity index (χ0) is 15.7. The molecule has 0 bridgehead atoms. The summed E-state index contributed by atoms with van der Waals surface area (Å²) in [4.78, 5) is 11.5. The zero-order valence-corrected chi connectivity index (χ0v) is 15.3. The molecule has 2 N–H and O–H groups in total. The van der Waals surface area contributed by atoms with E-state index in [0.29, 0.717) is 12.3 Å². The Hall–Kier alpha value is -0.390. The van der Waals surface area contributed by atoms with Crippen LogP contribution in [-0.4, -0.2) is 16.2 Å². The van der Waals surface area contributed by atoms with Gasteiger partial charge in [-0.25, -0.2) is 0 Å². The first-order valence-corrected chi connectivity index (χ1v) is 8.80. The molecule has 1 fully saturated rings. The lowest BCUT2D eigenvalue weighted by Gasteiger charge is -2.24. The van der Waals surface area contributed by atoms with Gasteiger partial charge in [0.15, 0.2) is 0 Å². The number of aliphatic carboxylic acids is 1. The van der Waals surface area contributed by atoms with Crippen molar-refractivity contribution in [1.82, 2.24) is 0 Å². The van der Waals surface area contributed by atoms with Gasteiger partial charge in [0, 0.05) is 14.9 Å². The molecule has 1 aromatic rings. The standard InChI is InChI=1S/C16H20Br2O3/c1-3-9-5-10(11(6-9)16(20)21)15(19)12-7-13(17)8(2)4-14(12)18/h4,7,9-11,15,19H,3,5-6H2,1-2H3,(H,20,21). The Morgan fingerprint density at radius 2 is 2.00 bits per heavy atom. The van der Waals surface area contributed by atoms with Gasteiger partial charge in [-0.2, -0.15) is 0 Å². The number of aryl methyl sites for hydroxylation is 1. The summed E-state index contributed by atoms with van der Waals surface area (Å²) >= 11 is 6.97. The van der Waals surface area contributed by atoms with Crippen molar-refractivity contribution in [3.05, 3.63) is 32.2 Å². The first-order valence-electron chi connectivity index (χ1n) is 7.21. The molecule has 4 unspecified atom stereocenters. The molecule has 0 spiro atoms. The zero-order valence-electron chi connectivity index (χ0n) is 12.1. The third-order valence-corrected chi connectivity index (χ3v) is 6.15. The number of aliphatic hydroxyl groups excluding tert-OH is 1. The number of carboxylic acid groups (broad SMARTS) is 1. The minimum absolute atomic E-state index is 0.224. The number of hydrogen-bond donors (Lipinski definition) is 2. The molecule has 2 rings (SSSR count). The lowest BCUT2D eigenvalue weighted by Crippen LogP contribution is -2.24. The molecule has 1 aliphatic carbocycles. The van der Waals surface area contributed by atoms with E-state index >= 15 is 0 Å². The fourth-order valence-electron chi connectivity index (χ4n) is 3.26. The fraction of sp³-hybridized carbons (Fsp3) is 0.562. The Morgan fingerprint density at radius 1 is 1.33 bits per heavy atom. The van der Waals surface area contributed by atoms with E-state index in [1.165, 1.54) is 0 Å². The second-order valence-corrected chi connectivity index (χ2v) is 7.63. The molecular formula is C16H20Br2O3. The fourth-order valence-corrected chi connectivity index (χ4v) is 4.32. The maximum absolute atomic E-state index is 11.5. The van der Waals surface area contributed by atoms with Crippen molar-refractivity contribution in [2.75, 3.05) is 0 Å². The first kappa shape index (κ1) is 17.0. The number of rotatable bonds is 4. The van der Waals surface area contributed by atoms with Gasteiger partial charge < -0.3 is 10.2 Å². The van der Waals surface area contributed by atoms with E-state index in [2.05, 4.69) is 38.8 Å². The minimum atomic E-state index is -0.794. The second-order valence-electron chi connectivity index (χ2n) is 5.92. The summed E-state index contributed by atoms with van der Waals surface area (Å²) in [5, 5.41) is 20.2. The number of halogens is 2. The molecule has 0 radical (unpaired) electrons. The summed E-state index contributed by atoms with van der Waals surface area (Å²) in [6.45, 7) is 4.06. The molecule has 1 aromatic carbocycles. The van der Waals surface area contributed by atoms with Gasteiger partial charge in [-0.3, -0.25) is 4.79 Å². The largest absolute Gasteiger partial charge is 0.481 e. The number of carboxylic acids is 1. The van der Waals surface area contributed by atoms with Crippen LogP contribution in [0.2, 0.25) is 0 Å².